The quantitative estimate of drug-likeness (QED) is 0.362. The highest BCUT2D eigenvalue weighted by atomic mass is 32.2. The Morgan fingerprint density at radius 3 is 1.97 bits per heavy atom. The van der Waals surface area contributed by atoms with Gasteiger partial charge in [0.2, 0.25) is 0 Å². The summed E-state index contributed by atoms with van der Waals surface area (Å²) in [5.74, 6) is 0.789. The van der Waals surface area contributed by atoms with Crippen LogP contribution in [0.25, 0.3) is 0 Å². The van der Waals surface area contributed by atoms with Crippen LogP contribution in [0.3, 0.4) is 0 Å². The van der Waals surface area contributed by atoms with Gasteiger partial charge in [-0.2, -0.15) is 0 Å². The topological polar surface area (TPSA) is 23.2 Å². The molecule has 0 aliphatic carbocycles. The summed E-state index contributed by atoms with van der Waals surface area (Å²) < 4.78 is 2.33. The Morgan fingerprint density at radius 1 is 0.788 bits per heavy atom. The van der Waals surface area contributed by atoms with E-state index in [0.29, 0.717) is 0 Å². The Hall–Kier alpha value is -3.14. The molecule has 0 spiro atoms. The molecule has 5 rings (SSSR count). The normalized spacial score (nSPS) is 14.3. The molecule has 0 bridgehead atoms. The molecule has 33 heavy (non-hydrogen) atoms. The van der Waals surface area contributed by atoms with Gasteiger partial charge in [-0.15, -0.1) is 0 Å². The van der Waals surface area contributed by atoms with Crippen LogP contribution in [0.15, 0.2) is 114 Å². The fraction of sp³-hybridized carbons (Fsp3) is 0.167. The van der Waals surface area contributed by atoms with Crippen molar-refractivity contribution in [1.82, 2.24) is 0 Å². The number of fused-ring (bicyclic) bond motifs is 1. The van der Waals surface area contributed by atoms with E-state index in [9.17, 15) is 5.11 Å². The van der Waals surface area contributed by atoms with Crippen molar-refractivity contribution in [3.63, 3.8) is 0 Å². The van der Waals surface area contributed by atoms with Gasteiger partial charge in [0, 0.05) is 11.3 Å². The SMILES string of the molecule is Cc1cccc2c1SC[N+](C(Cc1ccccc1)C(O)(c1ccccc1)c1ccccc1)=C2. The van der Waals surface area contributed by atoms with Crippen molar-refractivity contribution in [3.8, 4) is 0 Å². The molecule has 0 saturated carbocycles. The van der Waals surface area contributed by atoms with Gasteiger partial charge in [0.15, 0.2) is 23.7 Å². The molecule has 0 radical (unpaired) electrons. The second-order valence-electron chi connectivity index (χ2n) is 8.61. The third kappa shape index (κ3) is 4.27. The third-order valence-electron chi connectivity index (χ3n) is 6.49. The second-order valence-corrected chi connectivity index (χ2v) is 9.57. The van der Waals surface area contributed by atoms with E-state index < -0.39 is 5.60 Å². The van der Waals surface area contributed by atoms with Gasteiger partial charge >= 0.3 is 0 Å². The van der Waals surface area contributed by atoms with Crippen LogP contribution in [-0.2, 0) is 12.0 Å². The van der Waals surface area contributed by atoms with E-state index >= 15 is 0 Å². The van der Waals surface area contributed by atoms with Gasteiger partial charge in [0.1, 0.15) is 0 Å². The monoisotopic (exact) mass is 450 g/mol. The van der Waals surface area contributed by atoms with Crippen LogP contribution in [0.2, 0.25) is 0 Å². The molecular weight excluding hydrogens is 422 g/mol. The molecule has 1 aliphatic heterocycles. The molecule has 0 aromatic heterocycles. The van der Waals surface area contributed by atoms with Crippen molar-refractivity contribution in [3.05, 3.63) is 137 Å². The molecule has 3 heteroatoms. The summed E-state index contributed by atoms with van der Waals surface area (Å²) in [5.41, 5.74) is 4.36. The molecule has 0 saturated heterocycles. The van der Waals surface area contributed by atoms with Gasteiger partial charge in [-0.3, -0.25) is 0 Å². The van der Waals surface area contributed by atoms with E-state index in [2.05, 4.69) is 60.2 Å². The van der Waals surface area contributed by atoms with E-state index in [1.807, 2.05) is 78.5 Å². The molecule has 1 unspecified atom stereocenters. The number of nitrogens with zero attached hydrogens (tertiary/aromatic N) is 1. The maximum Gasteiger partial charge on any atom is 0.194 e. The maximum atomic E-state index is 12.7. The third-order valence-corrected chi connectivity index (χ3v) is 7.76. The summed E-state index contributed by atoms with van der Waals surface area (Å²) in [5, 5.41) is 12.7. The minimum absolute atomic E-state index is 0.189. The molecule has 1 atom stereocenters. The van der Waals surface area contributed by atoms with Crippen LogP contribution in [0.1, 0.15) is 27.8 Å². The molecule has 0 amide bonds. The molecular formula is C30H28NOS+. The van der Waals surface area contributed by atoms with Gasteiger partial charge in [-0.25, -0.2) is 4.58 Å². The standard InChI is InChI=1S/C30H28NOS/c1-23-12-11-15-25-21-31(22-33-29(23)25)28(20-24-13-5-2-6-14-24)30(32,26-16-7-3-8-17-26)27-18-9-4-10-19-27/h2-19,21,28,32H,20,22H2,1H3/q+1. The first-order chi connectivity index (χ1) is 16.2. The first-order valence-electron chi connectivity index (χ1n) is 11.4. The predicted octanol–water partition coefficient (Wildman–Crippen LogP) is 6.04. The Balaban J connectivity index is 1.70. The average Bonchev–Trinajstić information content (AvgIpc) is 2.88. The first-order valence-corrected chi connectivity index (χ1v) is 12.3. The van der Waals surface area contributed by atoms with Crippen molar-refractivity contribution in [2.75, 3.05) is 5.88 Å². The zero-order valence-corrected chi connectivity index (χ0v) is 19.6. The number of aliphatic hydroxyl groups is 1. The second kappa shape index (κ2) is 9.38. The molecule has 164 valence electrons. The lowest BCUT2D eigenvalue weighted by atomic mass is 9.77. The van der Waals surface area contributed by atoms with Crippen molar-refractivity contribution in [2.45, 2.75) is 29.9 Å². The number of hydrogen-bond donors (Lipinski definition) is 1. The van der Waals surface area contributed by atoms with Crippen LogP contribution < -0.4 is 0 Å². The average molecular weight is 451 g/mol. The van der Waals surface area contributed by atoms with Gasteiger partial charge in [0.05, 0.1) is 5.56 Å². The molecule has 1 aliphatic rings. The fourth-order valence-corrected chi connectivity index (χ4v) is 5.90. The molecule has 4 aromatic carbocycles. The molecule has 4 aromatic rings. The lowest BCUT2D eigenvalue weighted by Gasteiger charge is -2.36. The molecule has 2 nitrogen and oxygen atoms in total. The highest BCUT2D eigenvalue weighted by molar-refractivity contribution is 7.99. The highest BCUT2D eigenvalue weighted by Crippen LogP contribution is 2.38. The van der Waals surface area contributed by atoms with Crippen LogP contribution in [0.4, 0.5) is 0 Å². The lowest BCUT2D eigenvalue weighted by Crippen LogP contribution is -2.50. The molecule has 1 N–H and O–H groups in total. The summed E-state index contributed by atoms with van der Waals surface area (Å²) in [6, 6.07) is 37.0. The first kappa shape index (κ1) is 21.7. The fourth-order valence-electron chi connectivity index (χ4n) is 4.79. The summed E-state index contributed by atoms with van der Waals surface area (Å²) in [6.45, 7) is 2.17. The zero-order chi connectivity index (χ0) is 22.7. The van der Waals surface area contributed by atoms with Gasteiger partial charge in [0.25, 0.3) is 0 Å². The summed E-state index contributed by atoms with van der Waals surface area (Å²) in [7, 11) is 0. The van der Waals surface area contributed by atoms with E-state index in [-0.39, 0.29) is 6.04 Å². The number of benzene rings is 4. The van der Waals surface area contributed by atoms with Crippen LogP contribution in [0, 0.1) is 6.92 Å². The Bertz CT molecular complexity index is 1210. The highest BCUT2D eigenvalue weighted by Gasteiger charge is 2.47. The minimum Gasteiger partial charge on any atom is -0.374 e. The van der Waals surface area contributed by atoms with Crippen LogP contribution >= 0.6 is 11.8 Å². The smallest absolute Gasteiger partial charge is 0.194 e. The Labute approximate surface area is 200 Å². The van der Waals surface area contributed by atoms with E-state index in [0.717, 1.165) is 23.4 Å². The number of thioether (sulfide) groups is 1. The molecule has 0 fully saturated rings. The van der Waals surface area contributed by atoms with Gasteiger partial charge in [-0.05, 0) is 35.2 Å². The van der Waals surface area contributed by atoms with Crippen LogP contribution in [-0.4, -0.2) is 27.8 Å². The number of rotatable bonds is 6. The van der Waals surface area contributed by atoms with Gasteiger partial charge in [-0.1, -0.05) is 115 Å². The van der Waals surface area contributed by atoms with Crippen molar-refractivity contribution < 1.29 is 9.68 Å². The zero-order valence-electron chi connectivity index (χ0n) is 18.8. The number of hydrogen-bond acceptors (Lipinski definition) is 2. The summed E-state index contributed by atoms with van der Waals surface area (Å²) in [6.07, 6.45) is 2.96. The lowest BCUT2D eigenvalue weighted by molar-refractivity contribution is -0.564. The Morgan fingerprint density at radius 2 is 1.36 bits per heavy atom. The van der Waals surface area contributed by atoms with Crippen molar-refractivity contribution in [1.29, 1.82) is 0 Å². The largest absolute Gasteiger partial charge is 0.374 e. The van der Waals surface area contributed by atoms with E-state index in [1.165, 1.54) is 21.6 Å². The van der Waals surface area contributed by atoms with E-state index in [1.54, 1.807) is 0 Å². The predicted molar refractivity (Wildman–Crippen MR) is 137 cm³/mol. The summed E-state index contributed by atoms with van der Waals surface area (Å²) in [4.78, 5) is 1.33. The van der Waals surface area contributed by atoms with Crippen molar-refractivity contribution >= 4 is 18.0 Å². The van der Waals surface area contributed by atoms with E-state index in [4.69, 9.17) is 0 Å². The number of aryl methyl sites for hydroxylation is 1. The summed E-state index contributed by atoms with van der Waals surface area (Å²) >= 11 is 1.85. The molecule has 1 heterocycles. The van der Waals surface area contributed by atoms with Crippen molar-refractivity contribution in [2.24, 2.45) is 0 Å². The maximum absolute atomic E-state index is 12.7. The Kier molecular flexibility index (Phi) is 6.17. The minimum atomic E-state index is -1.18. The van der Waals surface area contributed by atoms with Gasteiger partial charge < -0.3 is 5.11 Å². The van der Waals surface area contributed by atoms with Crippen LogP contribution in [0.5, 0.6) is 0 Å².